The Bertz CT molecular complexity index is 560. The first-order valence-corrected chi connectivity index (χ1v) is 4.65. The SMILES string of the molecule is COc1ccc(O)c2c(O)cc(C=O)cc12. The van der Waals surface area contributed by atoms with Crippen LogP contribution in [0.2, 0.25) is 0 Å². The van der Waals surface area contributed by atoms with Crippen molar-refractivity contribution in [2.24, 2.45) is 0 Å². The van der Waals surface area contributed by atoms with E-state index in [4.69, 9.17) is 4.74 Å². The molecule has 0 bridgehead atoms. The average molecular weight is 218 g/mol. The van der Waals surface area contributed by atoms with Crippen molar-refractivity contribution < 1.29 is 19.7 Å². The van der Waals surface area contributed by atoms with Crippen molar-refractivity contribution in [2.45, 2.75) is 0 Å². The summed E-state index contributed by atoms with van der Waals surface area (Å²) in [5.74, 6) is 0.300. The van der Waals surface area contributed by atoms with E-state index in [1.165, 1.54) is 19.2 Å². The normalized spacial score (nSPS) is 10.3. The third kappa shape index (κ3) is 1.44. The molecule has 82 valence electrons. The molecule has 2 rings (SSSR count). The van der Waals surface area contributed by atoms with Gasteiger partial charge in [0.05, 0.1) is 12.5 Å². The van der Waals surface area contributed by atoms with E-state index in [0.29, 0.717) is 23.0 Å². The molecular formula is C12H10O4. The Morgan fingerprint density at radius 3 is 2.56 bits per heavy atom. The number of aldehydes is 1. The van der Waals surface area contributed by atoms with E-state index in [1.54, 1.807) is 12.1 Å². The van der Waals surface area contributed by atoms with Crippen molar-refractivity contribution in [3.8, 4) is 17.2 Å². The molecule has 0 saturated carbocycles. The standard InChI is InChI=1S/C12H10O4/c1-16-11-3-2-9(14)12-8(11)4-7(6-13)5-10(12)15/h2-6,14-15H,1H3. The Labute approximate surface area is 91.7 Å². The quantitative estimate of drug-likeness (QED) is 0.757. The van der Waals surface area contributed by atoms with Crippen LogP contribution in [0, 0.1) is 0 Å². The Morgan fingerprint density at radius 2 is 1.94 bits per heavy atom. The number of hydrogen-bond donors (Lipinski definition) is 2. The number of phenols is 2. The summed E-state index contributed by atoms with van der Waals surface area (Å²) in [6.07, 6.45) is 0.628. The van der Waals surface area contributed by atoms with E-state index in [9.17, 15) is 15.0 Å². The number of rotatable bonds is 2. The molecule has 0 heterocycles. The van der Waals surface area contributed by atoms with Gasteiger partial charge in [-0.2, -0.15) is 0 Å². The molecule has 0 atom stereocenters. The summed E-state index contributed by atoms with van der Waals surface area (Å²) >= 11 is 0. The third-order valence-corrected chi connectivity index (χ3v) is 2.41. The number of methoxy groups -OCH3 is 1. The van der Waals surface area contributed by atoms with Crippen LogP contribution in [-0.2, 0) is 0 Å². The van der Waals surface area contributed by atoms with Gasteiger partial charge < -0.3 is 14.9 Å². The molecular weight excluding hydrogens is 208 g/mol. The van der Waals surface area contributed by atoms with Gasteiger partial charge in [-0.25, -0.2) is 0 Å². The Hall–Kier alpha value is -2.23. The van der Waals surface area contributed by atoms with Crippen LogP contribution < -0.4 is 4.74 Å². The lowest BCUT2D eigenvalue weighted by atomic mass is 10.0. The van der Waals surface area contributed by atoms with Gasteiger partial charge in [0.1, 0.15) is 23.5 Å². The van der Waals surface area contributed by atoms with Crippen LogP contribution in [0.1, 0.15) is 10.4 Å². The molecule has 0 aliphatic heterocycles. The monoisotopic (exact) mass is 218 g/mol. The molecule has 0 aromatic heterocycles. The van der Waals surface area contributed by atoms with Gasteiger partial charge in [0.2, 0.25) is 0 Å². The van der Waals surface area contributed by atoms with Gasteiger partial charge in [0.15, 0.2) is 0 Å². The lowest BCUT2D eigenvalue weighted by Gasteiger charge is -2.09. The second kappa shape index (κ2) is 3.73. The van der Waals surface area contributed by atoms with Crippen molar-refractivity contribution in [3.05, 3.63) is 29.8 Å². The highest BCUT2D eigenvalue weighted by atomic mass is 16.5. The molecule has 2 aromatic carbocycles. The minimum absolute atomic E-state index is 0.0502. The summed E-state index contributed by atoms with van der Waals surface area (Å²) < 4.78 is 5.10. The van der Waals surface area contributed by atoms with Gasteiger partial charge in [-0.1, -0.05) is 0 Å². The number of carbonyl (C=O) groups is 1. The van der Waals surface area contributed by atoms with E-state index in [0.717, 1.165) is 0 Å². The van der Waals surface area contributed by atoms with Gasteiger partial charge in [-0.15, -0.1) is 0 Å². The lowest BCUT2D eigenvalue weighted by molar-refractivity contribution is 0.112. The van der Waals surface area contributed by atoms with Crippen molar-refractivity contribution in [1.82, 2.24) is 0 Å². The van der Waals surface area contributed by atoms with Gasteiger partial charge in [0.25, 0.3) is 0 Å². The topological polar surface area (TPSA) is 66.8 Å². The first kappa shape index (κ1) is 10.3. The second-order valence-electron chi connectivity index (χ2n) is 3.37. The first-order valence-electron chi connectivity index (χ1n) is 4.65. The minimum Gasteiger partial charge on any atom is -0.507 e. The maximum absolute atomic E-state index is 10.7. The number of phenolic OH excluding ortho intramolecular Hbond substituents is 2. The highest BCUT2D eigenvalue weighted by Crippen LogP contribution is 2.38. The zero-order valence-corrected chi connectivity index (χ0v) is 8.60. The number of benzene rings is 2. The molecule has 0 amide bonds. The lowest BCUT2D eigenvalue weighted by Crippen LogP contribution is -1.88. The molecule has 16 heavy (non-hydrogen) atoms. The summed E-state index contributed by atoms with van der Waals surface area (Å²) in [4.78, 5) is 10.7. The van der Waals surface area contributed by atoms with Crippen LogP contribution in [0.5, 0.6) is 17.2 Å². The van der Waals surface area contributed by atoms with E-state index in [-0.39, 0.29) is 16.9 Å². The fourth-order valence-corrected chi connectivity index (χ4v) is 1.69. The van der Waals surface area contributed by atoms with Crippen molar-refractivity contribution in [3.63, 3.8) is 0 Å². The van der Waals surface area contributed by atoms with E-state index in [1.807, 2.05) is 0 Å². The van der Waals surface area contributed by atoms with Gasteiger partial charge >= 0.3 is 0 Å². The molecule has 0 radical (unpaired) electrons. The predicted octanol–water partition coefficient (Wildman–Crippen LogP) is 2.07. The zero-order chi connectivity index (χ0) is 11.7. The fraction of sp³-hybridized carbons (Fsp3) is 0.0833. The molecule has 0 aliphatic rings. The maximum Gasteiger partial charge on any atom is 0.150 e. The van der Waals surface area contributed by atoms with E-state index in [2.05, 4.69) is 0 Å². The summed E-state index contributed by atoms with van der Waals surface area (Å²) in [6.45, 7) is 0. The molecule has 2 aromatic rings. The summed E-state index contributed by atoms with van der Waals surface area (Å²) in [6, 6.07) is 5.86. The molecule has 0 saturated heterocycles. The van der Waals surface area contributed by atoms with Crippen LogP contribution in [0.25, 0.3) is 10.8 Å². The number of ether oxygens (including phenoxy) is 1. The Kier molecular flexibility index (Phi) is 2.40. The van der Waals surface area contributed by atoms with Crippen molar-refractivity contribution in [2.75, 3.05) is 7.11 Å². The van der Waals surface area contributed by atoms with Crippen LogP contribution in [0.15, 0.2) is 24.3 Å². The highest BCUT2D eigenvalue weighted by Gasteiger charge is 2.11. The smallest absolute Gasteiger partial charge is 0.150 e. The Balaban J connectivity index is 2.92. The minimum atomic E-state index is -0.143. The average Bonchev–Trinajstić information content (AvgIpc) is 2.28. The number of aromatic hydroxyl groups is 2. The van der Waals surface area contributed by atoms with E-state index >= 15 is 0 Å². The Morgan fingerprint density at radius 1 is 1.19 bits per heavy atom. The molecule has 0 spiro atoms. The zero-order valence-electron chi connectivity index (χ0n) is 8.60. The van der Waals surface area contributed by atoms with Gasteiger partial charge in [0, 0.05) is 10.9 Å². The second-order valence-corrected chi connectivity index (χ2v) is 3.37. The van der Waals surface area contributed by atoms with Crippen LogP contribution in [0.4, 0.5) is 0 Å². The van der Waals surface area contributed by atoms with Crippen LogP contribution >= 0.6 is 0 Å². The van der Waals surface area contributed by atoms with Crippen LogP contribution in [-0.4, -0.2) is 23.6 Å². The maximum atomic E-state index is 10.7. The van der Waals surface area contributed by atoms with Crippen molar-refractivity contribution >= 4 is 17.1 Å². The van der Waals surface area contributed by atoms with Gasteiger partial charge in [-0.3, -0.25) is 4.79 Å². The first-order chi connectivity index (χ1) is 7.67. The number of hydrogen-bond acceptors (Lipinski definition) is 4. The number of fused-ring (bicyclic) bond motifs is 1. The molecule has 0 aliphatic carbocycles. The highest BCUT2D eigenvalue weighted by molar-refractivity contribution is 6.00. The largest absolute Gasteiger partial charge is 0.507 e. The summed E-state index contributed by atoms with van der Waals surface area (Å²) in [5.41, 5.74) is 0.328. The summed E-state index contributed by atoms with van der Waals surface area (Å²) in [5, 5.41) is 20.1. The number of carbonyl (C=O) groups excluding carboxylic acids is 1. The van der Waals surface area contributed by atoms with Crippen molar-refractivity contribution in [1.29, 1.82) is 0 Å². The molecule has 4 heteroatoms. The van der Waals surface area contributed by atoms with Gasteiger partial charge in [-0.05, 0) is 24.3 Å². The third-order valence-electron chi connectivity index (χ3n) is 2.41. The predicted molar refractivity (Wildman–Crippen MR) is 59.2 cm³/mol. The fourth-order valence-electron chi connectivity index (χ4n) is 1.69. The molecule has 0 unspecified atom stereocenters. The van der Waals surface area contributed by atoms with E-state index < -0.39 is 0 Å². The molecule has 2 N–H and O–H groups in total. The van der Waals surface area contributed by atoms with Crippen LogP contribution in [0.3, 0.4) is 0 Å². The molecule has 4 nitrogen and oxygen atoms in total. The molecule has 0 fully saturated rings. The summed E-state index contributed by atoms with van der Waals surface area (Å²) in [7, 11) is 1.48.